The third kappa shape index (κ3) is 3.52. The van der Waals surface area contributed by atoms with E-state index in [2.05, 4.69) is 0 Å². The van der Waals surface area contributed by atoms with Gasteiger partial charge >= 0.3 is 0 Å². The van der Waals surface area contributed by atoms with Crippen molar-refractivity contribution in [1.82, 2.24) is 0 Å². The summed E-state index contributed by atoms with van der Waals surface area (Å²) in [5.74, 6) is 1.30. The number of benzene rings is 2. The molecule has 20 heavy (non-hydrogen) atoms. The Kier molecular flexibility index (Phi) is 4.64. The molecular formula is C16H15ClO3. The molecule has 4 heteroatoms. The third-order valence-electron chi connectivity index (χ3n) is 2.91. The second-order valence-electron chi connectivity index (χ2n) is 4.35. The smallest absolute Gasteiger partial charge is 0.200 e. The summed E-state index contributed by atoms with van der Waals surface area (Å²) < 4.78 is 10.6. The van der Waals surface area contributed by atoms with Gasteiger partial charge in [-0.3, -0.25) is 4.79 Å². The molecule has 0 saturated heterocycles. The minimum Gasteiger partial charge on any atom is -0.497 e. The van der Waals surface area contributed by atoms with Crippen LogP contribution in [0.25, 0.3) is 0 Å². The number of ketones is 1. The largest absolute Gasteiger partial charge is 0.497 e. The summed E-state index contributed by atoms with van der Waals surface area (Å²) in [6.45, 7) is 1.88. The fourth-order valence-electron chi connectivity index (χ4n) is 1.78. The Balaban J connectivity index is 2.00. The van der Waals surface area contributed by atoms with Crippen molar-refractivity contribution >= 4 is 17.4 Å². The molecule has 0 aliphatic heterocycles. The minimum atomic E-state index is -0.0815. The third-order valence-corrected chi connectivity index (χ3v) is 3.14. The number of ether oxygens (including phenoxy) is 2. The highest BCUT2D eigenvalue weighted by Gasteiger charge is 2.08. The highest BCUT2D eigenvalue weighted by molar-refractivity contribution is 6.30. The Labute approximate surface area is 123 Å². The van der Waals surface area contributed by atoms with Crippen LogP contribution in [-0.4, -0.2) is 19.5 Å². The van der Waals surface area contributed by atoms with E-state index in [-0.39, 0.29) is 12.4 Å². The minimum absolute atomic E-state index is 0.00516. The molecule has 0 aliphatic carbocycles. The van der Waals surface area contributed by atoms with E-state index in [1.165, 1.54) is 0 Å². The van der Waals surface area contributed by atoms with E-state index in [0.29, 0.717) is 16.3 Å². The van der Waals surface area contributed by atoms with Gasteiger partial charge < -0.3 is 9.47 Å². The second kappa shape index (κ2) is 6.44. The van der Waals surface area contributed by atoms with E-state index in [1.54, 1.807) is 49.6 Å². The molecule has 0 amide bonds. The van der Waals surface area contributed by atoms with Crippen LogP contribution >= 0.6 is 11.6 Å². The fraction of sp³-hybridized carbons (Fsp3) is 0.188. The maximum absolute atomic E-state index is 12.0. The van der Waals surface area contributed by atoms with E-state index >= 15 is 0 Å². The molecule has 0 radical (unpaired) electrons. The quantitative estimate of drug-likeness (QED) is 0.783. The molecule has 0 aromatic heterocycles. The van der Waals surface area contributed by atoms with Gasteiger partial charge in [0.1, 0.15) is 11.5 Å². The van der Waals surface area contributed by atoms with Crippen LogP contribution < -0.4 is 9.47 Å². The standard InChI is InChI=1S/C16H15ClO3/c1-11-9-13(17)5-8-16(11)20-10-15(18)12-3-6-14(19-2)7-4-12/h3-9H,10H2,1-2H3. The van der Waals surface area contributed by atoms with Gasteiger partial charge in [-0.2, -0.15) is 0 Å². The lowest BCUT2D eigenvalue weighted by Crippen LogP contribution is -2.12. The average molecular weight is 291 g/mol. The van der Waals surface area contributed by atoms with Gasteiger partial charge in [-0.25, -0.2) is 0 Å². The summed E-state index contributed by atoms with van der Waals surface area (Å²) in [5.41, 5.74) is 1.50. The van der Waals surface area contributed by atoms with Crippen molar-refractivity contribution in [3.63, 3.8) is 0 Å². The molecule has 0 saturated carbocycles. The Bertz CT molecular complexity index is 606. The monoisotopic (exact) mass is 290 g/mol. The molecule has 0 unspecified atom stereocenters. The zero-order chi connectivity index (χ0) is 14.5. The van der Waals surface area contributed by atoms with Gasteiger partial charge in [0, 0.05) is 10.6 Å². The number of methoxy groups -OCH3 is 1. The predicted octanol–water partition coefficient (Wildman–Crippen LogP) is 3.92. The first-order valence-corrected chi connectivity index (χ1v) is 6.54. The number of aryl methyl sites for hydroxylation is 1. The van der Waals surface area contributed by atoms with Crippen molar-refractivity contribution in [1.29, 1.82) is 0 Å². The van der Waals surface area contributed by atoms with Gasteiger partial charge in [0.15, 0.2) is 12.4 Å². The Morgan fingerprint density at radius 3 is 2.45 bits per heavy atom. The van der Waals surface area contributed by atoms with Crippen molar-refractivity contribution in [3.8, 4) is 11.5 Å². The summed E-state index contributed by atoms with van der Waals surface area (Å²) in [7, 11) is 1.59. The lowest BCUT2D eigenvalue weighted by atomic mass is 10.1. The molecular weight excluding hydrogens is 276 g/mol. The zero-order valence-corrected chi connectivity index (χ0v) is 12.1. The van der Waals surface area contributed by atoms with Crippen LogP contribution in [0.1, 0.15) is 15.9 Å². The van der Waals surface area contributed by atoms with E-state index in [9.17, 15) is 4.79 Å². The summed E-state index contributed by atoms with van der Waals surface area (Å²) in [6.07, 6.45) is 0. The molecule has 2 rings (SSSR count). The Morgan fingerprint density at radius 1 is 1.15 bits per heavy atom. The first kappa shape index (κ1) is 14.4. The molecule has 0 heterocycles. The Hall–Kier alpha value is -2.00. The first-order valence-electron chi connectivity index (χ1n) is 6.16. The van der Waals surface area contributed by atoms with Crippen LogP contribution in [0.3, 0.4) is 0 Å². The normalized spacial score (nSPS) is 10.2. The highest BCUT2D eigenvalue weighted by Crippen LogP contribution is 2.22. The lowest BCUT2D eigenvalue weighted by Gasteiger charge is -2.09. The molecule has 0 fully saturated rings. The van der Waals surface area contributed by atoms with Gasteiger partial charge in [0.05, 0.1) is 7.11 Å². The van der Waals surface area contributed by atoms with E-state index in [1.807, 2.05) is 6.92 Å². The van der Waals surface area contributed by atoms with Gasteiger partial charge in [-0.05, 0) is 55.0 Å². The number of carbonyl (C=O) groups is 1. The van der Waals surface area contributed by atoms with Gasteiger partial charge in [0.25, 0.3) is 0 Å². The SMILES string of the molecule is COc1ccc(C(=O)COc2ccc(Cl)cc2C)cc1. The summed E-state index contributed by atoms with van der Waals surface area (Å²) in [4.78, 5) is 12.0. The van der Waals surface area contributed by atoms with Crippen LogP contribution in [-0.2, 0) is 0 Å². The lowest BCUT2D eigenvalue weighted by molar-refractivity contribution is 0.0921. The van der Waals surface area contributed by atoms with Crippen molar-refractivity contribution in [3.05, 3.63) is 58.6 Å². The van der Waals surface area contributed by atoms with Gasteiger partial charge in [-0.15, -0.1) is 0 Å². The van der Waals surface area contributed by atoms with Crippen molar-refractivity contribution in [2.75, 3.05) is 13.7 Å². The summed E-state index contributed by atoms with van der Waals surface area (Å²) in [6, 6.07) is 12.2. The van der Waals surface area contributed by atoms with Crippen LogP contribution in [0.5, 0.6) is 11.5 Å². The zero-order valence-electron chi connectivity index (χ0n) is 11.4. The number of halogens is 1. The number of rotatable bonds is 5. The average Bonchev–Trinajstić information content (AvgIpc) is 2.46. The molecule has 3 nitrogen and oxygen atoms in total. The molecule has 0 aliphatic rings. The molecule has 0 spiro atoms. The molecule has 0 bridgehead atoms. The summed E-state index contributed by atoms with van der Waals surface area (Å²) >= 11 is 5.87. The van der Waals surface area contributed by atoms with Crippen LogP contribution in [0.4, 0.5) is 0 Å². The van der Waals surface area contributed by atoms with E-state index in [0.717, 1.165) is 11.3 Å². The molecule has 2 aromatic rings. The van der Waals surface area contributed by atoms with Gasteiger partial charge in [-0.1, -0.05) is 11.6 Å². The van der Waals surface area contributed by atoms with Gasteiger partial charge in [0.2, 0.25) is 0 Å². The molecule has 2 aromatic carbocycles. The topological polar surface area (TPSA) is 35.5 Å². The fourth-order valence-corrected chi connectivity index (χ4v) is 2.00. The maximum Gasteiger partial charge on any atom is 0.200 e. The number of Topliss-reactive ketones (excluding diaryl/α,β-unsaturated/α-hetero) is 1. The second-order valence-corrected chi connectivity index (χ2v) is 4.79. The Morgan fingerprint density at radius 2 is 1.85 bits per heavy atom. The maximum atomic E-state index is 12.0. The molecule has 0 N–H and O–H groups in total. The molecule has 0 atom stereocenters. The van der Waals surface area contributed by atoms with Crippen molar-refractivity contribution in [2.45, 2.75) is 6.92 Å². The van der Waals surface area contributed by atoms with Crippen LogP contribution in [0, 0.1) is 6.92 Å². The highest BCUT2D eigenvalue weighted by atomic mass is 35.5. The molecule has 104 valence electrons. The predicted molar refractivity (Wildman–Crippen MR) is 79.0 cm³/mol. The van der Waals surface area contributed by atoms with E-state index in [4.69, 9.17) is 21.1 Å². The van der Waals surface area contributed by atoms with Crippen LogP contribution in [0.15, 0.2) is 42.5 Å². The summed E-state index contributed by atoms with van der Waals surface area (Å²) in [5, 5.41) is 0.649. The number of carbonyl (C=O) groups excluding carboxylic acids is 1. The van der Waals surface area contributed by atoms with E-state index < -0.39 is 0 Å². The van der Waals surface area contributed by atoms with Crippen molar-refractivity contribution < 1.29 is 14.3 Å². The number of hydrogen-bond donors (Lipinski definition) is 0. The number of hydrogen-bond acceptors (Lipinski definition) is 3. The first-order chi connectivity index (χ1) is 9.60. The van der Waals surface area contributed by atoms with Crippen LogP contribution in [0.2, 0.25) is 5.02 Å². The van der Waals surface area contributed by atoms with Crippen molar-refractivity contribution in [2.24, 2.45) is 0 Å².